The Bertz CT molecular complexity index is 723. The number of nitrogens with two attached hydrogens (primary N) is 2. The fraction of sp³-hybridized carbons (Fsp3) is 0.0667. The molecule has 0 fully saturated rings. The van der Waals surface area contributed by atoms with E-state index in [-0.39, 0.29) is 11.7 Å². The van der Waals surface area contributed by atoms with E-state index in [1.807, 2.05) is 18.2 Å². The van der Waals surface area contributed by atoms with Crippen LogP contribution in [0.1, 0.15) is 16.7 Å². The molecule has 0 heterocycles. The van der Waals surface area contributed by atoms with Gasteiger partial charge in [-0.1, -0.05) is 18.2 Å². The summed E-state index contributed by atoms with van der Waals surface area (Å²) in [6.45, 7) is 0.331. The van der Waals surface area contributed by atoms with Crippen molar-refractivity contribution in [3.63, 3.8) is 0 Å². The monoisotopic (exact) mass is 424 g/mol. The average molecular weight is 426 g/mol. The predicted octanol–water partition coefficient (Wildman–Crippen LogP) is 3.36. The Morgan fingerprint density at radius 2 is 1.55 bits per heavy atom. The smallest absolute Gasteiger partial charge is 0.148 e. The second-order valence-corrected chi connectivity index (χ2v) is 6.29. The van der Waals surface area contributed by atoms with Crippen LogP contribution < -0.4 is 16.2 Å². The van der Waals surface area contributed by atoms with E-state index in [2.05, 4.69) is 31.9 Å². The minimum atomic E-state index is -0.0119. The molecule has 0 atom stereocenters. The van der Waals surface area contributed by atoms with Crippen molar-refractivity contribution in [1.82, 2.24) is 0 Å². The standard InChI is InChI=1S/C15H14Br2N4O/c16-11-5-10(15(20)21)6-12(17)13(11)22-7-8-2-1-3-9(4-8)14(18)19/h1-6H,7H2,(H3,18,19)(H3,20,21). The first-order valence-electron chi connectivity index (χ1n) is 6.28. The number of nitrogens with one attached hydrogen (secondary N) is 2. The van der Waals surface area contributed by atoms with Gasteiger partial charge < -0.3 is 16.2 Å². The van der Waals surface area contributed by atoms with Crippen molar-refractivity contribution in [2.45, 2.75) is 6.61 Å². The zero-order valence-electron chi connectivity index (χ0n) is 11.5. The van der Waals surface area contributed by atoms with Gasteiger partial charge in [0.15, 0.2) is 0 Å². The van der Waals surface area contributed by atoms with E-state index in [9.17, 15) is 0 Å². The maximum Gasteiger partial charge on any atom is 0.148 e. The van der Waals surface area contributed by atoms with E-state index in [1.165, 1.54) is 0 Å². The van der Waals surface area contributed by atoms with Gasteiger partial charge >= 0.3 is 0 Å². The summed E-state index contributed by atoms with van der Waals surface area (Å²) >= 11 is 6.83. The van der Waals surface area contributed by atoms with Crippen LogP contribution in [-0.4, -0.2) is 11.7 Å². The number of hydrogen-bond donors (Lipinski definition) is 4. The van der Waals surface area contributed by atoms with Gasteiger partial charge in [-0.25, -0.2) is 0 Å². The Balaban J connectivity index is 2.20. The molecule has 0 aromatic heterocycles. The summed E-state index contributed by atoms with van der Waals surface area (Å²) in [4.78, 5) is 0. The summed E-state index contributed by atoms with van der Waals surface area (Å²) in [5, 5.41) is 14.9. The molecule has 2 aromatic rings. The highest BCUT2D eigenvalue weighted by atomic mass is 79.9. The van der Waals surface area contributed by atoms with Crippen LogP contribution in [0, 0.1) is 10.8 Å². The van der Waals surface area contributed by atoms with Crippen molar-refractivity contribution in [3.05, 3.63) is 62.0 Å². The summed E-state index contributed by atoms with van der Waals surface area (Å²) in [7, 11) is 0. The van der Waals surface area contributed by atoms with Crippen LogP contribution in [0.15, 0.2) is 45.3 Å². The molecule has 5 nitrogen and oxygen atoms in total. The van der Waals surface area contributed by atoms with E-state index in [4.69, 9.17) is 27.0 Å². The SMILES string of the molecule is N=C(N)c1cccc(COc2c(Br)cc(C(=N)N)cc2Br)c1. The van der Waals surface area contributed by atoms with Gasteiger partial charge in [-0.2, -0.15) is 0 Å². The van der Waals surface area contributed by atoms with Gasteiger partial charge in [0.25, 0.3) is 0 Å². The van der Waals surface area contributed by atoms with Crippen molar-refractivity contribution in [2.24, 2.45) is 11.5 Å². The normalized spacial score (nSPS) is 10.3. The molecule has 0 aliphatic heterocycles. The number of rotatable bonds is 5. The molecule has 0 saturated heterocycles. The lowest BCUT2D eigenvalue weighted by molar-refractivity contribution is 0.302. The number of halogens is 2. The minimum Gasteiger partial charge on any atom is -0.487 e. The zero-order valence-corrected chi connectivity index (χ0v) is 14.7. The molecule has 2 aromatic carbocycles. The Morgan fingerprint density at radius 3 is 2.09 bits per heavy atom. The molecule has 2 rings (SSSR count). The largest absolute Gasteiger partial charge is 0.487 e. The fourth-order valence-electron chi connectivity index (χ4n) is 1.84. The number of nitrogen functional groups attached to an aromatic ring is 2. The molecule has 6 N–H and O–H groups in total. The maximum absolute atomic E-state index is 7.46. The summed E-state index contributed by atoms with van der Waals surface area (Å²) in [5.41, 5.74) is 13.1. The van der Waals surface area contributed by atoms with Gasteiger partial charge in [0.05, 0.1) is 8.95 Å². The molecule has 0 unspecified atom stereocenters. The van der Waals surface area contributed by atoms with Crippen LogP contribution in [0.2, 0.25) is 0 Å². The van der Waals surface area contributed by atoms with Crippen LogP contribution in [0.3, 0.4) is 0 Å². The second-order valence-electron chi connectivity index (χ2n) is 4.59. The summed E-state index contributed by atoms with van der Waals surface area (Å²) in [5.74, 6) is 0.635. The van der Waals surface area contributed by atoms with Crippen LogP contribution >= 0.6 is 31.9 Å². The van der Waals surface area contributed by atoms with Crippen molar-refractivity contribution in [2.75, 3.05) is 0 Å². The van der Waals surface area contributed by atoms with E-state index in [1.54, 1.807) is 18.2 Å². The van der Waals surface area contributed by atoms with E-state index < -0.39 is 0 Å². The Labute approximate surface area is 144 Å². The van der Waals surface area contributed by atoms with E-state index in [0.717, 1.165) is 5.56 Å². The second kappa shape index (κ2) is 6.93. The first kappa shape index (κ1) is 16.5. The number of hydrogen-bond acceptors (Lipinski definition) is 3. The first-order chi connectivity index (χ1) is 10.4. The Morgan fingerprint density at radius 1 is 0.955 bits per heavy atom. The van der Waals surface area contributed by atoms with Crippen molar-refractivity contribution in [1.29, 1.82) is 10.8 Å². The number of ether oxygens (including phenoxy) is 1. The molecular weight excluding hydrogens is 412 g/mol. The van der Waals surface area contributed by atoms with E-state index in [0.29, 0.717) is 32.4 Å². The van der Waals surface area contributed by atoms with Gasteiger partial charge in [-0.05, 0) is 55.6 Å². The molecule has 0 saturated carbocycles. The van der Waals surface area contributed by atoms with E-state index >= 15 is 0 Å². The third-order valence-corrected chi connectivity index (χ3v) is 4.11. The molecule has 7 heteroatoms. The van der Waals surface area contributed by atoms with Crippen LogP contribution in [0.4, 0.5) is 0 Å². The van der Waals surface area contributed by atoms with Gasteiger partial charge in [-0.15, -0.1) is 0 Å². The number of benzene rings is 2. The van der Waals surface area contributed by atoms with Crippen LogP contribution in [0.5, 0.6) is 5.75 Å². The molecule has 0 spiro atoms. The van der Waals surface area contributed by atoms with Gasteiger partial charge in [0.2, 0.25) is 0 Å². The number of amidine groups is 2. The topological polar surface area (TPSA) is 109 Å². The minimum absolute atomic E-state index is 0.0119. The van der Waals surface area contributed by atoms with Crippen molar-refractivity contribution in [3.8, 4) is 5.75 Å². The van der Waals surface area contributed by atoms with Gasteiger partial charge in [-0.3, -0.25) is 10.8 Å². The third-order valence-electron chi connectivity index (χ3n) is 2.93. The summed E-state index contributed by atoms with van der Waals surface area (Å²) in [6, 6.07) is 10.8. The molecule has 0 bridgehead atoms. The highest BCUT2D eigenvalue weighted by Crippen LogP contribution is 2.35. The molecular formula is C15H14Br2N4O. The fourth-order valence-corrected chi connectivity index (χ4v) is 3.25. The average Bonchev–Trinajstić information content (AvgIpc) is 2.46. The summed E-state index contributed by atoms with van der Waals surface area (Å²) in [6.07, 6.45) is 0. The first-order valence-corrected chi connectivity index (χ1v) is 7.86. The molecule has 0 aliphatic carbocycles. The van der Waals surface area contributed by atoms with Crippen LogP contribution in [0.25, 0.3) is 0 Å². The zero-order chi connectivity index (χ0) is 16.3. The lowest BCUT2D eigenvalue weighted by Gasteiger charge is -2.12. The van der Waals surface area contributed by atoms with Crippen LogP contribution in [-0.2, 0) is 6.61 Å². The Kier molecular flexibility index (Phi) is 5.20. The maximum atomic E-state index is 7.46. The molecule has 22 heavy (non-hydrogen) atoms. The highest BCUT2D eigenvalue weighted by molar-refractivity contribution is 9.11. The van der Waals surface area contributed by atoms with Crippen molar-refractivity contribution < 1.29 is 4.74 Å². The van der Waals surface area contributed by atoms with Crippen molar-refractivity contribution >= 4 is 43.5 Å². The predicted molar refractivity (Wildman–Crippen MR) is 94.6 cm³/mol. The lowest BCUT2D eigenvalue weighted by Crippen LogP contribution is -2.12. The molecule has 0 aliphatic rings. The molecule has 114 valence electrons. The highest BCUT2D eigenvalue weighted by Gasteiger charge is 2.11. The van der Waals surface area contributed by atoms with Gasteiger partial charge in [0.1, 0.15) is 24.0 Å². The third kappa shape index (κ3) is 3.86. The summed E-state index contributed by atoms with van der Waals surface area (Å²) < 4.78 is 7.21. The Hall–Kier alpha value is -1.86. The molecule has 0 amide bonds. The molecule has 0 radical (unpaired) electrons. The van der Waals surface area contributed by atoms with Gasteiger partial charge in [0, 0.05) is 11.1 Å². The lowest BCUT2D eigenvalue weighted by atomic mass is 10.1. The quantitative estimate of drug-likeness (QED) is 0.435.